The maximum Gasteiger partial charge on any atom is 0.226 e. The third kappa shape index (κ3) is 4.54. The molecule has 1 fully saturated rings. The Bertz CT molecular complexity index is 758. The highest BCUT2D eigenvalue weighted by Gasteiger charge is 2.36. The van der Waals surface area contributed by atoms with E-state index in [-0.39, 0.29) is 24.7 Å². The van der Waals surface area contributed by atoms with Crippen LogP contribution in [0.15, 0.2) is 42.7 Å². The second-order valence-electron chi connectivity index (χ2n) is 6.85. The molecular weight excluding hydrogens is 335 g/mol. The standard InChI is InChI=1S/C19H23FN4O2/c1-23(17(25)12-15-5-2-6-16(20)11-15)13-19(26)7-3-10-24(14-19)18-21-8-4-9-22-18/h2,4-6,8-9,11,26H,3,7,10,12-14H2,1H3/t19-/m1/s1. The van der Waals surface area contributed by atoms with E-state index in [9.17, 15) is 14.3 Å². The van der Waals surface area contributed by atoms with Crippen LogP contribution < -0.4 is 4.90 Å². The van der Waals surface area contributed by atoms with Crippen molar-refractivity contribution < 1.29 is 14.3 Å². The molecule has 2 aromatic rings. The Labute approximate surface area is 152 Å². The number of nitrogens with zero attached hydrogens (tertiary/aromatic N) is 4. The van der Waals surface area contributed by atoms with Gasteiger partial charge in [0, 0.05) is 26.0 Å². The predicted molar refractivity (Wildman–Crippen MR) is 96.2 cm³/mol. The molecule has 2 heterocycles. The minimum atomic E-state index is -1.02. The first-order valence-corrected chi connectivity index (χ1v) is 8.68. The van der Waals surface area contributed by atoms with Crippen LogP contribution in [0.3, 0.4) is 0 Å². The molecule has 3 rings (SSSR count). The maximum absolute atomic E-state index is 13.3. The number of carbonyl (C=O) groups is 1. The third-order valence-corrected chi connectivity index (χ3v) is 4.59. The minimum absolute atomic E-state index is 0.107. The summed E-state index contributed by atoms with van der Waals surface area (Å²) in [7, 11) is 1.66. The zero-order valence-corrected chi connectivity index (χ0v) is 14.8. The highest BCUT2D eigenvalue weighted by Crippen LogP contribution is 2.24. The van der Waals surface area contributed by atoms with E-state index in [1.165, 1.54) is 17.0 Å². The predicted octanol–water partition coefficient (Wildman–Crippen LogP) is 1.65. The van der Waals surface area contributed by atoms with E-state index in [1.807, 2.05) is 4.90 Å². The molecule has 26 heavy (non-hydrogen) atoms. The highest BCUT2D eigenvalue weighted by molar-refractivity contribution is 5.78. The number of amides is 1. The Morgan fingerprint density at radius 1 is 1.35 bits per heavy atom. The van der Waals surface area contributed by atoms with E-state index in [4.69, 9.17) is 0 Å². The Balaban J connectivity index is 1.61. The van der Waals surface area contributed by atoms with Crippen molar-refractivity contribution in [2.45, 2.75) is 24.9 Å². The quantitative estimate of drug-likeness (QED) is 0.880. The second kappa shape index (κ2) is 7.78. The first-order valence-electron chi connectivity index (χ1n) is 8.68. The van der Waals surface area contributed by atoms with Gasteiger partial charge in [-0.3, -0.25) is 4.79 Å². The average molecular weight is 358 g/mol. The van der Waals surface area contributed by atoms with Crippen LogP contribution in [0, 0.1) is 5.82 Å². The number of hydrogen-bond acceptors (Lipinski definition) is 5. The number of carbonyl (C=O) groups excluding carboxylic acids is 1. The number of piperidine rings is 1. The van der Waals surface area contributed by atoms with Crippen molar-refractivity contribution in [3.05, 3.63) is 54.1 Å². The lowest BCUT2D eigenvalue weighted by molar-refractivity contribution is -0.132. The van der Waals surface area contributed by atoms with E-state index in [0.717, 1.165) is 13.0 Å². The SMILES string of the molecule is CN(C[C@]1(O)CCCN(c2ncccn2)C1)C(=O)Cc1cccc(F)c1. The van der Waals surface area contributed by atoms with Crippen LogP contribution in [-0.2, 0) is 11.2 Å². The van der Waals surface area contributed by atoms with E-state index < -0.39 is 5.60 Å². The van der Waals surface area contributed by atoms with Crippen molar-refractivity contribution in [2.24, 2.45) is 0 Å². The molecule has 0 unspecified atom stereocenters. The fraction of sp³-hybridized carbons (Fsp3) is 0.421. The number of anilines is 1. The van der Waals surface area contributed by atoms with Gasteiger partial charge in [0.25, 0.3) is 0 Å². The Morgan fingerprint density at radius 3 is 2.85 bits per heavy atom. The minimum Gasteiger partial charge on any atom is -0.386 e. The molecule has 138 valence electrons. The zero-order valence-electron chi connectivity index (χ0n) is 14.8. The fourth-order valence-corrected chi connectivity index (χ4v) is 3.35. The van der Waals surface area contributed by atoms with Crippen molar-refractivity contribution in [3.8, 4) is 0 Å². The van der Waals surface area contributed by atoms with Crippen molar-refractivity contribution in [1.29, 1.82) is 0 Å². The number of rotatable bonds is 5. The van der Waals surface area contributed by atoms with Crippen LogP contribution in [0.5, 0.6) is 0 Å². The van der Waals surface area contributed by atoms with Gasteiger partial charge in [-0.1, -0.05) is 12.1 Å². The molecule has 7 heteroatoms. The van der Waals surface area contributed by atoms with E-state index in [1.54, 1.807) is 37.6 Å². The molecule has 1 aliphatic heterocycles. The molecule has 1 atom stereocenters. The summed E-state index contributed by atoms with van der Waals surface area (Å²) in [6, 6.07) is 7.76. The third-order valence-electron chi connectivity index (χ3n) is 4.59. The van der Waals surface area contributed by atoms with Gasteiger partial charge in [-0.15, -0.1) is 0 Å². The summed E-state index contributed by atoms with van der Waals surface area (Å²) in [5.74, 6) is 0.0684. The van der Waals surface area contributed by atoms with Gasteiger partial charge >= 0.3 is 0 Å². The second-order valence-corrected chi connectivity index (χ2v) is 6.85. The van der Waals surface area contributed by atoms with E-state index in [2.05, 4.69) is 9.97 Å². The van der Waals surface area contributed by atoms with Gasteiger partial charge in [-0.05, 0) is 36.6 Å². The van der Waals surface area contributed by atoms with Crippen LogP contribution >= 0.6 is 0 Å². The largest absolute Gasteiger partial charge is 0.386 e. The number of benzene rings is 1. The summed E-state index contributed by atoms with van der Waals surface area (Å²) in [5.41, 5.74) is -0.402. The molecule has 1 aromatic carbocycles. The number of hydrogen-bond donors (Lipinski definition) is 1. The van der Waals surface area contributed by atoms with Crippen LogP contribution in [-0.4, -0.2) is 58.2 Å². The number of β-amino-alcohol motifs (C(OH)–C–C–N with tert-alkyl or cyclic N) is 1. The van der Waals surface area contributed by atoms with Crippen molar-refractivity contribution in [1.82, 2.24) is 14.9 Å². The van der Waals surface area contributed by atoms with Gasteiger partial charge in [-0.2, -0.15) is 0 Å². The summed E-state index contributed by atoms with van der Waals surface area (Å²) in [6.45, 7) is 1.35. The van der Waals surface area contributed by atoms with Gasteiger partial charge in [0.2, 0.25) is 11.9 Å². The molecule has 1 aromatic heterocycles. The first kappa shape index (κ1) is 18.3. The van der Waals surface area contributed by atoms with Gasteiger partial charge in [0.05, 0.1) is 25.1 Å². The monoisotopic (exact) mass is 358 g/mol. The van der Waals surface area contributed by atoms with Crippen LogP contribution in [0.25, 0.3) is 0 Å². The van der Waals surface area contributed by atoms with Crippen molar-refractivity contribution in [2.75, 3.05) is 31.6 Å². The summed E-state index contributed by atoms with van der Waals surface area (Å²) < 4.78 is 13.3. The Morgan fingerprint density at radius 2 is 2.12 bits per heavy atom. The van der Waals surface area contributed by atoms with Gasteiger partial charge in [0.15, 0.2) is 0 Å². The number of aromatic nitrogens is 2. The van der Waals surface area contributed by atoms with Crippen LogP contribution in [0.2, 0.25) is 0 Å². The molecule has 6 nitrogen and oxygen atoms in total. The molecule has 1 N–H and O–H groups in total. The molecule has 0 spiro atoms. The molecule has 1 saturated heterocycles. The molecule has 0 aliphatic carbocycles. The smallest absolute Gasteiger partial charge is 0.226 e. The van der Waals surface area contributed by atoms with Gasteiger partial charge < -0.3 is 14.9 Å². The lowest BCUT2D eigenvalue weighted by Gasteiger charge is -2.41. The zero-order chi connectivity index (χ0) is 18.6. The molecule has 1 amide bonds. The normalized spacial score (nSPS) is 20.0. The average Bonchev–Trinajstić information content (AvgIpc) is 2.62. The highest BCUT2D eigenvalue weighted by atomic mass is 19.1. The first-order chi connectivity index (χ1) is 12.5. The van der Waals surface area contributed by atoms with Crippen molar-refractivity contribution >= 4 is 11.9 Å². The van der Waals surface area contributed by atoms with Gasteiger partial charge in [-0.25, -0.2) is 14.4 Å². The van der Waals surface area contributed by atoms with Crippen LogP contribution in [0.1, 0.15) is 18.4 Å². The van der Waals surface area contributed by atoms with Crippen molar-refractivity contribution in [3.63, 3.8) is 0 Å². The summed E-state index contributed by atoms with van der Waals surface area (Å²) in [6.07, 6.45) is 4.85. The maximum atomic E-state index is 13.3. The number of halogens is 1. The number of likely N-dealkylation sites (N-methyl/N-ethyl adjacent to an activating group) is 1. The Kier molecular flexibility index (Phi) is 5.46. The topological polar surface area (TPSA) is 69.6 Å². The molecule has 0 saturated carbocycles. The number of aliphatic hydroxyl groups is 1. The molecule has 1 aliphatic rings. The Hall–Kier alpha value is -2.54. The van der Waals surface area contributed by atoms with Crippen LogP contribution in [0.4, 0.5) is 10.3 Å². The summed E-state index contributed by atoms with van der Waals surface area (Å²) in [4.78, 5) is 24.4. The van der Waals surface area contributed by atoms with E-state index in [0.29, 0.717) is 24.5 Å². The lowest BCUT2D eigenvalue weighted by atomic mass is 9.92. The molecular formula is C19H23FN4O2. The summed E-state index contributed by atoms with van der Waals surface area (Å²) in [5, 5.41) is 11.0. The lowest BCUT2D eigenvalue weighted by Crippen LogP contribution is -2.55. The molecule has 0 radical (unpaired) electrons. The fourth-order valence-electron chi connectivity index (χ4n) is 3.35. The van der Waals surface area contributed by atoms with Gasteiger partial charge in [0.1, 0.15) is 5.82 Å². The molecule has 0 bridgehead atoms. The summed E-state index contributed by atoms with van der Waals surface area (Å²) >= 11 is 0. The van der Waals surface area contributed by atoms with E-state index >= 15 is 0 Å².